The van der Waals surface area contributed by atoms with Crippen LogP contribution in [0.1, 0.15) is 35.6 Å². The first-order valence-corrected chi connectivity index (χ1v) is 5.51. The Bertz CT molecular complexity index is 445. The molecule has 0 unspecified atom stereocenters. The van der Waals surface area contributed by atoms with Gasteiger partial charge in [0.2, 0.25) is 0 Å². The molecule has 2 aromatic rings. The summed E-state index contributed by atoms with van der Waals surface area (Å²) < 4.78 is 0. The van der Waals surface area contributed by atoms with Crippen molar-refractivity contribution in [1.82, 2.24) is 9.97 Å². The zero-order valence-corrected chi connectivity index (χ0v) is 8.61. The van der Waals surface area contributed by atoms with Gasteiger partial charge >= 0.3 is 0 Å². The van der Waals surface area contributed by atoms with Crippen LogP contribution in [0.2, 0.25) is 0 Å². The Morgan fingerprint density at radius 2 is 2.20 bits per heavy atom. The van der Waals surface area contributed by atoms with Crippen molar-refractivity contribution in [3.8, 4) is 0 Å². The molecule has 1 atom stereocenters. The Kier molecular flexibility index (Phi) is 2.05. The van der Waals surface area contributed by atoms with Gasteiger partial charge in [-0.3, -0.25) is 0 Å². The molecular formula is C13H14N2. The fraction of sp³-hybridized carbons (Fsp3) is 0.308. The van der Waals surface area contributed by atoms with E-state index in [4.69, 9.17) is 0 Å². The minimum absolute atomic E-state index is 0.525. The number of hydrogen-bond acceptors (Lipinski definition) is 1. The summed E-state index contributed by atoms with van der Waals surface area (Å²) in [6, 6.07) is 8.76. The molecule has 1 N–H and O–H groups in total. The zero-order valence-electron chi connectivity index (χ0n) is 8.61. The largest absolute Gasteiger partial charge is 0.348 e. The molecule has 1 aliphatic rings. The van der Waals surface area contributed by atoms with Crippen molar-refractivity contribution in [2.45, 2.75) is 25.2 Å². The van der Waals surface area contributed by atoms with Crippen molar-refractivity contribution >= 4 is 0 Å². The molecule has 0 saturated heterocycles. The third-order valence-electron chi connectivity index (χ3n) is 3.26. The zero-order chi connectivity index (χ0) is 10.1. The predicted octanol–water partition coefficient (Wildman–Crippen LogP) is 2.88. The van der Waals surface area contributed by atoms with Gasteiger partial charge in [-0.2, -0.15) is 0 Å². The summed E-state index contributed by atoms with van der Waals surface area (Å²) in [5.74, 6) is 0.525. The number of rotatable bonds is 1. The fourth-order valence-corrected chi connectivity index (χ4v) is 2.53. The van der Waals surface area contributed by atoms with Gasteiger partial charge in [0.05, 0.1) is 6.33 Å². The maximum Gasteiger partial charge on any atom is 0.0921 e. The van der Waals surface area contributed by atoms with Gasteiger partial charge in [0.25, 0.3) is 0 Å². The highest BCUT2D eigenvalue weighted by Crippen LogP contribution is 2.35. The summed E-state index contributed by atoms with van der Waals surface area (Å²) >= 11 is 0. The number of hydrogen-bond donors (Lipinski definition) is 1. The molecule has 2 heteroatoms. The standard InChI is InChI=1S/C13H14N2/c1-2-6-11-10(4-1)5-3-7-12(11)13-8-14-9-15-13/h1-2,4,6,8-9,12H,3,5,7H2,(H,14,15)/t12-/m1/s1. The van der Waals surface area contributed by atoms with Crippen LogP contribution in [-0.4, -0.2) is 9.97 Å². The van der Waals surface area contributed by atoms with Gasteiger partial charge in [0.1, 0.15) is 0 Å². The molecule has 0 bridgehead atoms. The average Bonchev–Trinajstić information content (AvgIpc) is 2.82. The highest BCUT2D eigenvalue weighted by molar-refractivity contribution is 5.37. The smallest absolute Gasteiger partial charge is 0.0921 e. The van der Waals surface area contributed by atoms with E-state index in [-0.39, 0.29) is 0 Å². The van der Waals surface area contributed by atoms with Gasteiger partial charge in [0, 0.05) is 17.8 Å². The molecular weight excluding hydrogens is 184 g/mol. The van der Waals surface area contributed by atoms with Crippen molar-refractivity contribution in [3.05, 3.63) is 53.6 Å². The van der Waals surface area contributed by atoms with Crippen LogP contribution >= 0.6 is 0 Å². The normalized spacial score (nSPS) is 19.9. The van der Waals surface area contributed by atoms with E-state index < -0.39 is 0 Å². The van der Waals surface area contributed by atoms with E-state index in [1.54, 1.807) is 6.33 Å². The van der Waals surface area contributed by atoms with Crippen LogP contribution in [0.15, 0.2) is 36.8 Å². The van der Waals surface area contributed by atoms with E-state index in [1.807, 2.05) is 6.20 Å². The fourth-order valence-electron chi connectivity index (χ4n) is 2.53. The van der Waals surface area contributed by atoms with Crippen LogP contribution < -0.4 is 0 Å². The molecule has 1 aromatic carbocycles. The van der Waals surface area contributed by atoms with E-state index in [1.165, 1.54) is 36.1 Å². The molecule has 0 radical (unpaired) electrons. The summed E-state index contributed by atoms with van der Waals surface area (Å²) in [7, 11) is 0. The highest BCUT2D eigenvalue weighted by Gasteiger charge is 2.21. The van der Waals surface area contributed by atoms with E-state index in [0.717, 1.165) is 0 Å². The number of aryl methyl sites for hydroxylation is 1. The molecule has 0 aliphatic heterocycles. The topological polar surface area (TPSA) is 28.7 Å². The highest BCUT2D eigenvalue weighted by atomic mass is 14.9. The van der Waals surface area contributed by atoms with Crippen LogP contribution in [0.3, 0.4) is 0 Å². The number of fused-ring (bicyclic) bond motifs is 1. The third-order valence-corrected chi connectivity index (χ3v) is 3.26. The van der Waals surface area contributed by atoms with Gasteiger partial charge in [-0.1, -0.05) is 24.3 Å². The number of nitrogens with zero attached hydrogens (tertiary/aromatic N) is 1. The maximum absolute atomic E-state index is 4.11. The van der Waals surface area contributed by atoms with Crippen molar-refractivity contribution in [2.75, 3.05) is 0 Å². The lowest BCUT2D eigenvalue weighted by Crippen LogP contribution is -2.10. The first kappa shape index (κ1) is 8.72. The number of nitrogens with one attached hydrogen (secondary N) is 1. The maximum atomic E-state index is 4.11. The number of aromatic nitrogens is 2. The van der Waals surface area contributed by atoms with Gasteiger partial charge < -0.3 is 4.98 Å². The molecule has 3 rings (SSSR count). The summed E-state index contributed by atoms with van der Waals surface area (Å²) in [6.45, 7) is 0. The lowest BCUT2D eigenvalue weighted by molar-refractivity contribution is 0.606. The van der Waals surface area contributed by atoms with Crippen molar-refractivity contribution in [1.29, 1.82) is 0 Å². The lowest BCUT2D eigenvalue weighted by Gasteiger charge is -2.24. The Morgan fingerprint density at radius 1 is 1.27 bits per heavy atom. The number of imidazole rings is 1. The van der Waals surface area contributed by atoms with Gasteiger partial charge in [-0.15, -0.1) is 0 Å². The summed E-state index contributed by atoms with van der Waals surface area (Å²) in [5, 5.41) is 0. The SMILES string of the molecule is c1ccc2c(c1)CCC[C@H]2c1cnc[nH]1. The second-order valence-electron chi connectivity index (χ2n) is 4.15. The average molecular weight is 198 g/mol. The van der Waals surface area contributed by atoms with E-state index >= 15 is 0 Å². The van der Waals surface area contributed by atoms with Crippen LogP contribution in [-0.2, 0) is 6.42 Å². The minimum atomic E-state index is 0.525. The van der Waals surface area contributed by atoms with Gasteiger partial charge in [-0.05, 0) is 30.4 Å². The number of benzene rings is 1. The Hall–Kier alpha value is -1.57. The third kappa shape index (κ3) is 1.46. The van der Waals surface area contributed by atoms with E-state index in [2.05, 4.69) is 34.2 Å². The minimum Gasteiger partial charge on any atom is -0.348 e. The molecule has 15 heavy (non-hydrogen) atoms. The second kappa shape index (κ2) is 3.54. The van der Waals surface area contributed by atoms with Crippen LogP contribution in [0.25, 0.3) is 0 Å². The molecule has 0 fully saturated rings. The second-order valence-corrected chi connectivity index (χ2v) is 4.15. The first-order chi connectivity index (χ1) is 7.45. The quantitative estimate of drug-likeness (QED) is 0.750. The molecule has 1 aromatic heterocycles. The van der Waals surface area contributed by atoms with Crippen LogP contribution in [0.4, 0.5) is 0 Å². The van der Waals surface area contributed by atoms with Crippen LogP contribution in [0, 0.1) is 0 Å². The summed E-state index contributed by atoms with van der Waals surface area (Å²) in [4.78, 5) is 7.35. The van der Waals surface area contributed by atoms with Gasteiger partial charge in [-0.25, -0.2) is 4.98 Å². The first-order valence-electron chi connectivity index (χ1n) is 5.51. The predicted molar refractivity (Wildman–Crippen MR) is 59.8 cm³/mol. The Morgan fingerprint density at radius 3 is 3.07 bits per heavy atom. The number of aromatic amines is 1. The van der Waals surface area contributed by atoms with Crippen molar-refractivity contribution in [3.63, 3.8) is 0 Å². The van der Waals surface area contributed by atoms with Crippen molar-refractivity contribution < 1.29 is 0 Å². The molecule has 0 spiro atoms. The van der Waals surface area contributed by atoms with E-state index in [0.29, 0.717) is 5.92 Å². The molecule has 2 nitrogen and oxygen atoms in total. The monoisotopic (exact) mass is 198 g/mol. The van der Waals surface area contributed by atoms with E-state index in [9.17, 15) is 0 Å². The Balaban J connectivity index is 2.06. The van der Waals surface area contributed by atoms with Gasteiger partial charge in [0.15, 0.2) is 0 Å². The van der Waals surface area contributed by atoms with Crippen molar-refractivity contribution in [2.24, 2.45) is 0 Å². The molecule has 1 heterocycles. The molecule has 76 valence electrons. The lowest BCUT2D eigenvalue weighted by atomic mass is 9.81. The Labute approximate surface area is 89.4 Å². The molecule has 0 saturated carbocycles. The van der Waals surface area contributed by atoms with Crippen LogP contribution in [0.5, 0.6) is 0 Å². The summed E-state index contributed by atoms with van der Waals surface area (Å²) in [5.41, 5.74) is 4.23. The molecule has 1 aliphatic carbocycles. The summed E-state index contributed by atoms with van der Waals surface area (Å²) in [6.07, 6.45) is 7.46. The number of H-pyrrole nitrogens is 1. The molecule has 0 amide bonds.